The lowest BCUT2D eigenvalue weighted by molar-refractivity contribution is -0.122. The van der Waals surface area contributed by atoms with E-state index in [2.05, 4.69) is 25.8 Å². The first kappa shape index (κ1) is 26.6. The number of hydrogen-bond donors (Lipinski definition) is 2. The number of aryl methyl sites for hydroxylation is 2. The predicted octanol–water partition coefficient (Wildman–Crippen LogP) is 2.33. The molecule has 0 unspecified atom stereocenters. The van der Waals surface area contributed by atoms with Crippen molar-refractivity contribution in [2.24, 2.45) is 0 Å². The minimum atomic E-state index is -0.374. The van der Waals surface area contributed by atoms with Gasteiger partial charge in [0.25, 0.3) is 0 Å². The van der Waals surface area contributed by atoms with E-state index in [1.54, 1.807) is 30.1 Å². The third-order valence-electron chi connectivity index (χ3n) is 6.64. The number of rotatable bonds is 9. The SMILES string of the molecule is COc1cc2c(cc1-c1c(C)noc1C)ncc1c2n(Cc2ccccn2)c(=O)n1CC(=O)NCCNC(C)=O. The van der Waals surface area contributed by atoms with E-state index in [0.717, 1.165) is 16.8 Å². The van der Waals surface area contributed by atoms with Gasteiger partial charge in [-0.05, 0) is 38.1 Å². The quantitative estimate of drug-likeness (QED) is 0.269. The summed E-state index contributed by atoms with van der Waals surface area (Å²) in [7, 11) is 1.58. The number of nitrogens with zero attached hydrogens (tertiary/aromatic N) is 5. The van der Waals surface area contributed by atoms with Gasteiger partial charge in [0.2, 0.25) is 11.8 Å². The molecule has 0 aliphatic carbocycles. The molecule has 1 aromatic carbocycles. The Labute approximate surface area is 229 Å². The van der Waals surface area contributed by atoms with Crippen molar-refractivity contribution in [3.63, 3.8) is 0 Å². The van der Waals surface area contributed by atoms with Crippen molar-refractivity contribution in [3.8, 4) is 16.9 Å². The Morgan fingerprint density at radius 3 is 2.55 bits per heavy atom. The first-order chi connectivity index (χ1) is 19.3. The fourth-order valence-electron chi connectivity index (χ4n) is 4.85. The standard InChI is InChI=1S/C28H29N7O5/c1-16-26(17(2)40-33-16)21-11-22-20(12-24(21)39-4)27-23(13-32-22)34(15-25(37)31-10-9-29-18(3)36)28(38)35(27)14-19-7-5-6-8-30-19/h5-8,11-13H,9-10,14-15H2,1-4H3,(H,29,36)(H,31,37). The summed E-state index contributed by atoms with van der Waals surface area (Å²) in [6.07, 6.45) is 3.27. The summed E-state index contributed by atoms with van der Waals surface area (Å²) in [5.41, 5.74) is 4.37. The summed E-state index contributed by atoms with van der Waals surface area (Å²) in [5, 5.41) is 10.1. The van der Waals surface area contributed by atoms with Crippen molar-refractivity contribution >= 4 is 33.8 Å². The molecule has 0 aliphatic heterocycles. The molecule has 12 heteroatoms. The molecule has 0 saturated carbocycles. The molecular weight excluding hydrogens is 514 g/mol. The van der Waals surface area contributed by atoms with Crippen LogP contribution in [0.25, 0.3) is 33.1 Å². The third-order valence-corrected chi connectivity index (χ3v) is 6.64. The molecule has 4 heterocycles. The number of pyridine rings is 2. The molecule has 2 N–H and O–H groups in total. The van der Waals surface area contributed by atoms with Crippen LogP contribution >= 0.6 is 0 Å². The maximum atomic E-state index is 13.8. The highest BCUT2D eigenvalue weighted by Crippen LogP contribution is 2.38. The average molecular weight is 544 g/mol. The summed E-state index contributed by atoms with van der Waals surface area (Å²) in [6, 6.07) is 9.23. The van der Waals surface area contributed by atoms with Gasteiger partial charge in [0, 0.05) is 37.2 Å². The fraction of sp³-hybridized carbons (Fsp3) is 0.286. The molecular formula is C28H29N7O5. The summed E-state index contributed by atoms with van der Waals surface area (Å²) in [4.78, 5) is 46.7. The third kappa shape index (κ3) is 5.03. The van der Waals surface area contributed by atoms with E-state index in [9.17, 15) is 14.4 Å². The first-order valence-corrected chi connectivity index (χ1v) is 12.7. The number of carbonyl (C=O) groups excluding carboxylic acids is 2. The fourth-order valence-corrected chi connectivity index (χ4v) is 4.85. The molecule has 2 amide bonds. The van der Waals surface area contributed by atoms with Gasteiger partial charge in [-0.1, -0.05) is 11.2 Å². The van der Waals surface area contributed by atoms with Crippen LogP contribution < -0.4 is 21.1 Å². The number of amides is 2. The van der Waals surface area contributed by atoms with E-state index in [0.29, 0.717) is 39.1 Å². The topological polar surface area (TPSA) is 146 Å². The Hall–Kier alpha value is -5.00. The maximum Gasteiger partial charge on any atom is 0.330 e. The van der Waals surface area contributed by atoms with Crippen molar-refractivity contribution < 1.29 is 18.8 Å². The van der Waals surface area contributed by atoms with Gasteiger partial charge in [0.1, 0.15) is 18.1 Å². The predicted molar refractivity (Wildman–Crippen MR) is 148 cm³/mol. The molecule has 0 saturated heterocycles. The number of benzene rings is 1. The van der Waals surface area contributed by atoms with Crippen LogP contribution in [0.3, 0.4) is 0 Å². The monoisotopic (exact) mass is 543 g/mol. The van der Waals surface area contributed by atoms with Gasteiger partial charge in [-0.3, -0.25) is 28.7 Å². The van der Waals surface area contributed by atoms with E-state index in [1.807, 2.05) is 38.1 Å². The number of carbonyl (C=O) groups is 2. The minimum absolute atomic E-state index is 0.186. The highest BCUT2D eigenvalue weighted by molar-refractivity contribution is 6.05. The lowest BCUT2D eigenvalue weighted by atomic mass is 10.0. The van der Waals surface area contributed by atoms with Crippen molar-refractivity contribution in [1.82, 2.24) is 34.9 Å². The summed E-state index contributed by atoms with van der Waals surface area (Å²) in [5.74, 6) is 0.667. The highest BCUT2D eigenvalue weighted by Gasteiger charge is 2.22. The summed E-state index contributed by atoms with van der Waals surface area (Å²) >= 11 is 0. The number of methoxy groups -OCH3 is 1. The van der Waals surface area contributed by atoms with Crippen LogP contribution in [0, 0.1) is 13.8 Å². The lowest BCUT2D eigenvalue weighted by Crippen LogP contribution is -2.37. The zero-order chi connectivity index (χ0) is 28.4. The number of nitrogens with one attached hydrogen (secondary N) is 2. The zero-order valence-electron chi connectivity index (χ0n) is 22.6. The van der Waals surface area contributed by atoms with Gasteiger partial charge in [-0.15, -0.1) is 0 Å². The van der Waals surface area contributed by atoms with Crippen LogP contribution in [0.5, 0.6) is 5.75 Å². The van der Waals surface area contributed by atoms with Crippen molar-refractivity contribution in [1.29, 1.82) is 0 Å². The Kier molecular flexibility index (Phi) is 7.32. The molecule has 40 heavy (non-hydrogen) atoms. The Bertz CT molecular complexity index is 1770. The highest BCUT2D eigenvalue weighted by atomic mass is 16.5. The van der Waals surface area contributed by atoms with Crippen LogP contribution in [0.15, 0.2) is 52.0 Å². The first-order valence-electron chi connectivity index (χ1n) is 12.7. The van der Waals surface area contributed by atoms with Gasteiger partial charge in [-0.2, -0.15) is 0 Å². The molecule has 0 bridgehead atoms. The smallest absolute Gasteiger partial charge is 0.330 e. The van der Waals surface area contributed by atoms with Crippen molar-refractivity contribution in [2.45, 2.75) is 33.9 Å². The second-order valence-electron chi connectivity index (χ2n) is 9.37. The van der Waals surface area contributed by atoms with E-state index in [1.165, 1.54) is 11.5 Å². The number of imidazole rings is 1. The van der Waals surface area contributed by atoms with Gasteiger partial charge < -0.3 is 19.9 Å². The van der Waals surface area contributed by atoms with Crippen LogP contribution in [0.2, 0.25) is 0 Å². The largest absolute Gasteiger partial charge is 0.496 e. The number of hydrogen-bond acceptors (Lipinski definition) is 8. The number of fused-ring (bicyclic) bond motifs is 3. The molecule has 0 aliphatic rings. The van der Waals surface area contributed by atoms with Crippen LogP contribution in [-0.4, -0.2) is 56.3 Å². The van der Waals surface area contributed by atoms with Crippen molar-refractivity contribution in [2.75, 3.05) is 20.2 Å². The molecule has 4 aromatic heterocycles. The molecule has 0 atom stereocenters. The lowest BCUT2D eigenvalue weighted by Gasteiger charge is -2.12. The van der Waals surface area contributed by atoms with Crippen LogP contribution in [0.4, 0.5) is 0 Å². The van der Waals surface area contributed by atoms with Gasteiger partial charge in [0.05, 0.1) is 53.4 Å². The Morgan fingerprint density at radius 1 is 1.07 bits per heavy atom. The summed E-state index contributed by atoms with van der Waals surface area (Å²) in [6.45, 7) is 5.60. The molecule has 0 spiro atoms. The number of aromatic nitrogens is 5. The summed E-state index contributed by atoms with van der Waals surface area (Å²) < 4.78 is 14.1. The second-order valence-corrected chi connectivity index (χ2v) is 9.37. The number of ether oxygens (including phenoxy) is 1. The van der Waals surface area contributed by atoms with Crippen LogP contribution in [0.1, 0.15) is 24.1 Å². The minimum Gasteiger partial charge on any atom is -0.496 e. The molecule has 5 rings (SSSR count). The molecule has 206 valence electrons. The van der Waals surface area contributed by atoms with Crippen molar-refractivity contribution in [3.05, 3.63) is 70.4 Å². The normalized spacial score (nSPS) is 11.2. The Balaban J connectivity index is 1.65. The molecule has 0 fully saturated rings. The zero-order valence-corrected chi connectivity index (χ0v) is 22.6. The van der Waals surface area contributed by atoms with E-state index < -0.39 is 0 Å². The van der Waals surface area contributed by atoms with Gasteiger partial charge in [-0.25, -0.2) is 4.79 Å². The second kappa shape index (κ2) is 11.0. The average Bonchev–Trinajstić information content (AvgIpc) is 3.41. The van der Waals surface area contributed by atoms with Gasteiger partial charge in [0.15, 0.2) is 0 Å². The van der Waals surface area contributed by atoms with Gasteiger partial charge >= 0.3 is 5.69 Å². The van der Waals surface area contributed by atoms with E-state index in [4.69, 9.17) is 9.26 Å². The van der Waals surface area contributed by atoms with E-state index >= 15 is 0 Å². The Morgan fingerprint density at radius 2 is 1.88 bits per heavy atom. The molecule has 0 radical (unpaired) electrons. The maximum absolute atomic E-state index is 13.8. The molecule has 12 nitrogen and oxygen atoms in total. The van der Waals surface area contributed by atoms with Crippen LogP contribution in [-0.2, 0) is 22.7 Å². The molecule has 5 aromatic rings. The van der Waals surface area contributed by atoms with E-state index in [-0.39, 0.29) is 43.7 Å².